The highest BCUT2D eigenvalue weighted by molar-refractivity contribution is 5.77. The van der Waals surface area contributed by atoms with E-state index >= 15 is 0 Å². The molecule has 3 heteroatoms. The van der Waals surface area contributed by atoms with Gasteiger partial charge >= 0.3 is 0 Å². The third-order valence-corrected chi connectivity index (χ3v) is 2.67. The molecule has 0 saturated carbocycles. The minimum atomic E-state index is 0.0415. The maximum atomic E-state index is 11.4. The largest absolute Gasteiger partial charge is 0.351 e. The van der Waals surface area contributed by atoms with Gasteiger partial charge < -0.3 is 10.6 Å². The molecule has 0 atom stereocenters. The van der Waals surface area contributed by atoms with Gasteiger partial charge in [0, 0.05) is 6.54 Å². The maximum absolute atomic E-state index is 11.4. The Balaban J connectivity index is 2.39. The van der Waals surface area contributed by atoms with Gasteiger partial charge in [-0.1, -0.05) is 45.0 Å². The number of likely N-dealkylation sites (N-methyl/N-ethyl adjacent to an activating group) is 1. The fraction of sp³-hybridized carbons (Fsp3) is 0.500. The van der Waals surface area contributed by atoms with Gasteiger partial charge in [0.15, 0.2) is 0 Å². The van der Waals surface area contributed by atoms with Crippen LogP contribution in [-0.2, 0) is 11.3 Å². The van der Waals surface area contributed by atoms with Crippen LogP contribution in [0, 0.1) is 0 Å². The molecule has 1 aromatic rings. The second-order valence-electron chi connectivity index (χ2n) is 4.45. The van der Waals surface area contributed by atoms with Crippen LogP contribution in [0.15, 0.2) is 24.3 Å². The van der Waals surface area contributed by atoms with E-state index in [0.29, 0.717) is 19.0 Å². The van der Waals surface area contributed by atoms with Crippen molar-refractivity contribution in [1.29, 1.82) is 0 Å². The zero-order valence-corrected chi connectivity index (χ0v) is 10.9. The monoisotopic (exact) mass is 234 g/mol. The third kappa shape index (κ3) is 5.00. The molecule has 17 heavy (non-hydrogen) atoms. The van der Waals surface area contributed by atoms with Crippen LogP contribution in [0.5, 0.6) is 0 Å². The zero-order chi connectivity index (χ0) is 12.7. The van der Waals surface area contributed by atoms with E-state index in [0.717, 1.165) is 12.1 Å². The second kappa shape index (κ2) is 7.07. The van der Waals surface area contributed by atoms with E-state index in [4.69, 9.17) is 0 Å². The molecule has 0 bridgehead atoms. The molecule has 0 unspecified atom stereocenters. The van der Waals surface area contributed by atoms with Crippen LogP contribution in [-0.4, -0.2) is 19.0 Å². The molecule has 0 spiro atoms. The smallest absolute Gasteiger partial charge is 0.234 e. The number of amides is 1. The van der Waals surface area contributed by atoms with E-state index in [1.807, 2.05) is 6.92 Å². The molecule has 0 radical (unpaired) electrons. The number of carbonyl (C=O) groups is 1. The summed E-state index contributed by atoms with van der Waals surface area (Å²) in [5.41, 5.74) is 2.46. The Morgan fingerprint density at radius 2 is 1.88 bits per heavy atom. The summed E-state index contributed by atoms with van der Waals surface area (Å²) in [4.78, 5) is 11.4. The number of hydrogen-bond acceptors (Lipinski definition) is 2. The van der Waals surface area contributed by atoms with Crippen molar-refractivity contribution in [3.8, 4) is 0 Å². The predicted octanol–water partition coefficient (Wildman–Crippen LogP) is 2.04. The minimum absolute atomic E-state index is 0.0415. The standard InChI is InChI=1S/C14H22N2O/c1-4-15-10-14(17)16-9-12-5-7-13(8-6-12)11(2)3/h5-8,11,15H,4,9-10H2,1-3H3,(H,16,17). The van der Waals surface area contributed by atoms with Gasteiger partial charge in [-0.05, 0) is 23.6 Å². The van der Waals surface area contributed by atoms with Crippen molar-refractivity contribution in [2.75, 3.05) is 13.1 Å². The van der Waals surface area contributed by atoms with Crippen molar-refractivity contribution in [3.63, 3.8) is 0 Å². The molecule has 0 aliphatic carbocycles. The molecule has 0 fully saturated rings. The number of nitrogens with one attached hydrogen (secondary N) is 2. The first kappa shape index (κ1) is 13.7. The Kier molecular flexibility index (Phi) is 5.70. The van der Waals surface area contributed by atoms with Gasteiger partial charge in [0.25, 0.3) is 0 Å². The minimum Gasteiger partial charge on any atom is -0.351 e. The number of hydrogen-bond donors (Lipinski definition) is 2. The van der Waals surface area contributed by atoms with Crippen molar-refractivity contribution in [2.45, 2.75) is 33.2 Å². The lowest BCUT2D eigenvalue weighted by Gasteiger charge is -2.08. The van der Waals surface area contributed by atoms with Gasteiger partial charge in [-0.15, -0.1) is 0 Å². The molecule has 0 aliphatic heterocycles. The second-order valence-corrected chi connectivity index (χ2v) is 4.45. The van der Waals surface area contributed by atoms with Gasteiger partial charge in [0.1, 0.15) is 0 Å². The Morgan fingerprint density at radius 3 is 2.41 bits per heavy atom. The van der Waals surface area contributed by atoms with Crippen LogP contribution in [0.3, 0.4) is 0 Å². The first-order valence-corrected chi connectivity index (χ1v) is 6.19. The summed E-state index contributed by atoms with van der Waals surface area (Å²) in [6.45, 7) is 8.14. The average Bonchev–Trinajstić information content (AvgIpc) is 2.34. The summed E-state index contributed by atoms with van der Waals surface area (Å²) in [6.07, 6.45) is 0. The molecule has 1 rings (SSSR count). The lowest BCUT2D eigenvalue weighted by atomic mass is 10.0. The highest BCUT2D eigenvalue weighted by atomic mass is 16.1. The molecule has 94 valence electrons. The first-order chi connectivity index (χ1) is 8.13. The highest BCUT2D eigenvalue weighted by Crippen LogP contribution is 2.14. The zero-order valence-electron chi connectivity index (χ0n) is 10.9. The summed E-state index contributed by atoms with van der Waals surface area (Å²) < 4.78 is 0. The van der Waals surface area contributed by atoms with Gasteiger partial charge in [-0.2, -0.15) is 0 Å². The van der Waals surface area contributed by atoms with Gasteiger partial charge in [0.05, 0.1) is 6.54 Å². The van der Waals surface area contributed by atoms with Crippen molar-refractivity contribution in [2.24, 2.45) is 0 Å². The molecule has 1 amide bonds. The summed E-state index contributed by atoms with van der Waals surface area (Å²) in [5, 5.41) is 5.88. The van der Waals surface area contributed by atoms with E-state index in [1.54, 1.807) is 0 Å². The van der Waals surface area contributed by atoms with E-state index in [-0.39, 0.29) is 5.91 Å². The predicted molar refractivity (Wildman–Crippen MR) is 70.9 cm³/mol. The summed E-state index contributed by atoms with van der Waals surface area (Å²) in [6, 6.07) is 8.39. The van der Waals surface area contributed by atoms with Gasteiger partial charge in [-0.3, -0.25) is 4.79 Å². The SMILES string of the molecule is CCNCC(=O)NCc1ccc(C(C)C)cc1. The lowest BCUT2D eigenvalue weighted by Crippen LogP contribution is -2.33. The molecule has 0 heterocycles. The number of benzene rings is 1. The highest BCUT2D eigenvalue weighted by Gasteiger charge is 2.01. The molecule has 1 aromatic carbocycles. The van der Waals surface area contributed by atoms with Crippen LogP contribution >= 0.6 is 0 Å². The Morgan fingerprint density at radius 1 is 1.24 bits per heavy atom. The third-order valence-electron chi connectivity index (χ3n) is 2.67. The van der Waals surface area contributed by atoms with Gasteiger partial charge in [0.2, 0.25) is 5.91 Å². The molecule has 3 nitrogen and oxygen atoms in total. The summed E-state index contributed by atoms with van der Waals surface area (Å²) in [7, 11) is 0. The maximum Gasteiger partial charge on any atom is 0.234 e. The molecule has 0 saturated heterocycles. The van der Waals surface area contributed by atoms with Crippen molar-refractivity contribution < 1.29 is 4.79 Å². The Labute approximate surface area is 104 Å². The van der Waals surface area contributed by atoms with Crippen LogP contribution in [0.25, 0.3) is 0 Å². The lowest BCUT2D eigenvalue weighted by molar-refractivity contribution is -0.120. The Bertz CT molecular complexity index is 344. The fourth-order valence-electron chi connectivity index (χ4n) is 1.52. The van der Waals surface area contributed by atoms with E-state index in [2.05, 4.69) is 48.7 Å². The van der Waals surface area contributed by atoms with Crippen LogP contribution in [0.4, 0.5) is 0 Å². The fourth-order valence-corrected chi connectivity index (χ4v) is 1.52. The number of carbonyl (C=O) groups excluding carboxylic acids is 1. The van der Waals surface area contributed by atoms with E-state index < -0.39 is 0 Å². The molecular formula is C14H22N2O. The van der Waals surface area contributed by atoms with Crippen LogP contribution in [0.1, 0.15) is 37.8 Å². The normalized spacial score (nSPS) is 10.6. The van der Waals surface area contributed by atoms with Crippen molar-refractivity contribution in [3.05, 3.63) is 35.4 Å². The molecule has 0 aromatic heterocycles. The first-order valence-electron chi connectivity index (χ1n) is 6.19. The molecular weight excluding hydrogens is 212 g/mol. The van der Waals surface area contributed by atoms with Crippen molar-refractivity contribution in [1.82, 2.24) is 10.6 Å². The van der Waals surface area contributed by atoms with Gasteiger partial charge in [-0.25, -0.2) is 0 Å². The number of rotatable bonds is 6. The van der Waals surface area contributed by atoms with Crippen molar-refractivity contribution >= 4 is 5.91 Å². The molecule has 2 N–H and O–H groups in total. The topological polar surface area (TPSA) is 41.1 Å². The summed E-state index contributed by atoms with van der Waals surface area (Å²) >= 11 is 0. The summed E-state index contributed by atoms with van der Waals surface area (Å²) in [5.74, 6) is 0.590. The average molecular weight is 234 g/mol. The van der Waals surface area contributed by atoms with E-state index in [9.17, 15) is 4.79 Å². The van der Waals surface area contributed by atoms with Crippen LogP contribution in [0.2, 0.25) is 0 Å². The quantitative estimate of drug-likeness (QED) is 0.791. The molecule has 0 aliphatic rings. The Hall–Kier alpha value is -1.35. The van der Waals surface area contributed by atoms with Crippen LogP contribution < -0.4 is 10.6 Å². The van der Waals surface area contributed by atoms with E-state index in [1.165, 1.54) is 5.56 Å².